The van der Waals surface area contributed by atoms with Gasteiger partial charge in [0, 0.05) is 23.8 Å². The Balaban J connectivity index is 1.88. The van der Waals surface area contributed by atoms with Crippen molar-refractivity contribution >= 4 is 29.5 Å². The lowest BCUT2D eigenvalue weighted by atomic mass is 10.2. The van der Waals surface area contributed by atoms with Crippen LogP contribution < -0.4 is 9.47 Å². The number of benzene rings is 2. The Hall–Kier alpha value is -3.86. The second-order valence-corrected chi connectivity index (χ2v) is 6.74. The molecule has 0 aliphatic carbocycles. The average molecular weight is 429 g/mol. The lowest BCUT2D eigenvalue weighted by Crippen LogP contribution is -1.97. The minimum Gasteiger partial charge on any atom is -0.497 e. The van der Waals surface area contributed by atoms with Gasteiger partial charge in [-0.15, -0.1) is 10.2 Å². The highest BCUT2D eigenvalue weighted by Crippen LogP contribution is 2.33. The number of ether oxygens (including phenoxy) is 2. The van der Waals surface area contributed by atoms with Gasteiger partial charge < -0.3 is 19.0 Å². The second kappa shape index (κ2) is 9.09. The van der Waals surface area contributed by atoms with Crippen LogP contribution in [-0.4, -0.2) is 40.4 Å². The highest BCUT2D eigenvalue weighted by Gasteiger charge is 2.17. The second-order valence-electron chi connectivity index (χ2n) is 5.74. The third kappa shape index (κ3) is 4.94. The first kappa shape index (κ1) is 20.9. The zero-order chi connectivity index (χ0) is 21.7. The molecule has 1 aromatic heterocycles. The number of hydrogen-bond acceptors (Lipinski definition) is 9. The lowest BCUT2D eigenvalue weighted by molar-refractivity contribution is -0.384. The third-order valence-corrected chi connectivity index (χ3v) is 4.64. The minimum atomic E-state index is -1.24. The van der Waals surface area contributed by atoms with E-state index in [1.54, 1.807) is 24.3 Å². The van der Waals surface area contributed by atoms with Gasteiger partial charge in [0.25, 0.3) is 10.9 Å². The van der Waals surface area contributed by atoms with Crippen LogP contribution >= 0.6 is 11.8 Å². The number of aromatic nitrogens is 2. The zero-order valence-corrected chi connectivity index (χ0v) is 16.6. The molecule has 30 heavy (non-hydrogen) atoms. The van der Waals surface area contributed by atoms with Crippen molar-refractivity contribution in [3.8, 4) is 23.0 Å². The average Bonchev–Trinajstić information content (AvgIpc) is 3.21. The summed E-state index contributed by atoms with van der Waals surface area (Å²) in [6.45, 7) is 0. The summed E-state index contributed by atoms with van der Waals surface area (Å²) >= 11 is 0.730. The van der Waals surface area contributed by atoms with Crippen molar-refractivity contribution in [3.05, 3.63) is 63.0 Å². The molecule has 3 rings (SSSR count). The summed E-state index contributed by atoms with van der Waals surface area (Å²) in [4.78, 5) is 21.8. The predicted molar refractivity (Wildman–Crippen MR) is 107 cm³/mol. The van der Waals surface area contributed by atoms with Crippen LogP contribution in [0.25, 0.3) is 17.5 Å². The van der Waals surface area contributed by atoms with Crippen molar-refractivity contribution in [2.24, 2.45) is 0 Å². The number of thioether (sulfide) groups is 1. The summed E-state index contributed by atoms with van der Waals surface area (Å²) in [6.07, 6.45) is 1.29. The normalized spacial score (nSPS) is 11.2. The molecule has 0 saturated carbocycles. The van der Waals surface area contributed by atoms with Gasteiger partial charge in [-0.05, 0) is 35.5 Å². The van der Waals surface area contributed by atoms with E-state index in [9.17, 15) is 20.0 Å². The van der Waals surface area contributed by atoms with E-state index in [4.69, 9.17) is 13.9 Å². The molecule has 3 aromatic rings. The Labute approximate surface area is 174 Å². The number of non-ortho nitro benzene ring substituents is 1. The van der Waals surface area contributed by atoms with Crippen LogP contribution in [0.2, 0.25) is 0 Å². The molecular formula is C19H15N3O7S. The molecule has 0 fully saturated rings. The molecule has 0 atom stereocenters. The van der Waals surface area contributed by atoms with Crippen LogP contribution in [0, 0.1) is 10.1 Å². The summed E-state index contributed by atoms with van der Waals surface area (Å²) in [7, 11) is 3.01. The van der Waals surface area contributed by atoms with Crippen molar-refractivity contribution < 1.29 is 28.7 Å². The summed E-state index contributed by atoms with van der Waals surface area (Å²) in [5.74, 6) is -0.0498. The van der Waals surface area contributed by atoms with E-state index in [0.29, 0.717) is 22.6 Å². The number of nitrogens with zero attached hydrogens (tertiary/aromatic N) is 3. The SMILES string of the molecule is COc1cc(OC)cc(-c2nnc(S/C(=C\c3cccc([N+](=O)[O-])c3)C(=O)O)o2)c1. The molecule has 10 nitrogen and oxygen atoms in total. The largest absolute Gasteiger partial charge is 0.497 e. The molecule has 0 bridgehead atoms. The Kier molecular flexibility index (Phi) is 6.32. The molecular weight excluding hydrogens is 414 g/mol. The maximum absolute atomic E-state index is 11.6. The fourth-order valence-corrected chi connectivity index (χ4v) is 3.08. The van der Waals surface area contributed by atoms with Gasteiger partial charge in [-0.3, -0.25) is 10.1 Å². The summed E-state index contributed by atoms with van der Waals surface area (Å²) in [5, 5.41) is 28.2. The molecule has 2 aromatic carbocycles. The molecule has 11 heteroatoms. The fraction of sp³-hybridized carbons (Fsp3) is 0.105. The smallest absolute Gasteiger partial charge is 0.342 e. The minimum absolute atomic E-state index is 0.00846. The summed E-state index contributed by atoms with van der Waals surface area (Å²) < 4.78 is 16.0. The van der Waals surface area contributed by atoms with E-state index in [2.05, 4.69) is 10.2 Å². The monoisotopic (exact) mass is 429 g/mol. The maximum Gasteiger partial charge on any atom is 0.342 e. The summed E-state index contributed by atoms with van der Waals surface area (Å²) in [6, 6.07) is 10.6. The zero-order valence-electron chi connectivity index (χ0n) is 15.8. The molecule has 1 N–H and O–H groups in total. The number of carboxylic acid groups (broad SMARTS) is 1. The molecule has 0 amide bonds. The number of carbonyl (C=O) groups is 1. The van der Waals surface area contributed by atoms with Crippen LogP contribution in [0.5, 0.6) is 11.5 Å². The molecule has 0 saturated heterocycles. The number of nitro benzene ring substituents is 1. The molecule has 1 heterocycles. The molecule has 154 valence electrons. The van der Waals surface area contributed by atoms with Gasteiger partial charge >= 0.3 is 5.97 Å². The van der Waals surface area contributed by atoms with Gasteiger partial charge in [0.2, 0.25) is 5.89 Å². The molecule has 0 aliphatic heterocycles. The van der Waals surface area contributed by atoms with E-state index in [1.165, 1.54) is 38.5 Å². The quantitative estimate of drug-likeness (QED) is 0.243. The Morgan fingerprint density at radius 1 is 1.17 bits per heavy atom. The van der Waals surface area contributed by atoms with Gasteiger partial charge in [-0.25, -0.2) is 4.79 Å². The molecule has 0 spiro atoms. The van der Waals surface area contributed by atoms with E-state index in [1.807, 2.05) is 0 Å². The molecule has 0 aliphatic rings. The highest BCUT2D eigenvalue weighted by atomic mass is 32.2. The van der Waals surface area contributed by atoms with Crippen molar-refractivity contribution in [1.82, 2.24) is 10.2 Å². The van der Waals surface area contributed by atoms with Gasteiger partial charge in [-0.2, -0.15) is 0 Å². The Bertz CT molecular complexity index is 1100. The number of carboxylic acids is 1. The first-order valence-electron chi connectivity index (χ1n) is 8.34. The molecule has 0 unspecified atom stereocenters. The first-order chi connectivity index (χ1) is 14.4. The fourth-order valence-electron chi connectivity index (χ4n) is 2.41. The predicted octanol–water partition coefficient (Wildman–Crippen LogP) is 3.88. The van der Waals surface area contributed by atoms with E-state index < -0.39 is 10.9 Å². The van der Waals surface area contributed by atoms with Gasteiger partial charge in [0.05, 0.1) is 19.1 Å². The first-order valence-corrected chi connectivity index (χ1v) is 9.15. The lowest BCUT2D eigenvalue weighted by Gasteiger charge is -2.05. The number of rotatable bonds is 8. The third-order valence-electron chi connectivity index (χ3n) is 3.79. The van der Waals surface area contributed by atoms with Crippen molar-refractivity contribution in [1.29, 1.82) is 0 Å². The Morgan fingerprint density at radius 2 is 1.87 bits per heavy atom. The van der Waals surface area contributed by atoms with E-state index in [0.717, 1.165) is 11.8 Å². The van der Waals surface area contributed by atoms with Crippen molar-refractivity contribution in [3.63, 3.8) is 0 Å². The topological polar surface area (TPSA) is 138 Å². The number of nitro groups is 1. The number of hydrogen-bond donors (Lipinski definition) is 1. The van der Waals surface area contributed by atoms with Gasteiger partial charge in [0.1, 0.15) is 16.4 Å². The van der Waals surface area contributed by atoms with E-state index >= 15 is 0 Å². The van der Waals surface area contributed by atoms with Crippen LogP contribution in [0.15, 0.2) is 57.0 Å². The molecule has 0 radical (unpaired) electrons. The van der Waals surface area contributed by atoms with Crippen LogP contribution in [0.1, 0.15) is 5.56 Å². The van der Waals surface area contributed by atoms with Crippen molar-refractivity contribution in [2.75, 3.05) is 14.2 Å². The summed E-state index contributed by atoms with van der Waals surface area (Å²) in [5.41, 5.74) is 0.738. The van der Waals surface area contributed by atoms with Gasteiger partial charge in [0.15, 0.2) is 0 Å². The van der Waals surface area contributed by atoms with Crippen molar-refractivity contribution in [2.45, 2.75) is 5.22 Å². The van der Waals surface area contributed by atoms with Gasteiger partial charge in [-0.1, -0.05) is 12.1 Å². The van der Waals surface area contributed by atoms with Crippen LogP contribution in [0.4, 0.5) is 5.69 Å². The highest BCUT2D eigenvalue weighted by molar-refractivity contribution is 8.03. The Morgan fingerprint density at radius 3 is 2.47 bits per heavy atom. The number of aliphatic carboxylic acids is 1. The van der Waals surface area contributed by atoms with Crippen LogP contribution in [0.3, 0.4) is 0 Å². The maximum atomic E-state index is 11.6. The number of methoxy groups -OCH3 is 2. The van der Waals surface area contributed by atoms with Crippen LogP contribution in [-0.2, 0) is 4.79 Å². The standard InChI is InChI=1S/C19H15N3O7S/c1-27-14-8-12(9-15(10-14)28-2)17-20-21-19(29-17)30-16(18(23)24)7-11-4-3-5-13(6-11)22(25)26/h3-10H,1-2H3,(H,23,24)/b16-7-. The van der Waals surface area contributed by atoms with E-state index in [-0.39, 0.29) is 21.7 Å².